The maximum Gasteiger partial charge on any atom is 0.321 e. The number of fused-ring (bicyclic) bond motifs is 1. The summed E-state index contributed by atoms with van der Waals surface area (Å²) < 4.78 is 1.73. The summed E-state index contributed by atoms with van der Waals surface area (Å²) in [5.74, 6) is 0.690. The van der Waals surface area contributed by atoms with E-state index in [0.717, 1.165) is 22.1 Å². The minimum atomic E-state index is -0.0892. The van der Waals surface area contributed by atoms with Gasteiger partial charge in [-0.1, -0.05) is 59.7 Å². The van der Waals surface area contributed by atoms with Crippen LogP contribution in [-0.4, -0.2) is 57.3 Å². The number of urea groups is 1. The highest BCUT2D eigenvalue weighted by Crippen LogP contribution is 2.24. The van der Waals surface area contributed by atoms with Crippen LogP contribution in [0.2, 0.25) is 0 Å². The number of tetrazole rings is 1. The van der Waals surface area contributed by atoms with Crippen molar-refractivity contribution < 1.29 is 4.79 Å². The van der Waals surface area contributed by atoms with Crippen LogP contribution < -0.4 is 10.2 Å². The Kier molecular flexibility index (Phi) is 4.72. The topological polar surface area (TPSA) is 79.2 Å². The number of piperazine rings is 1. The minimum Gasteiger partial charge on any atom is -0.336 e. The molecule has 1 N–H and O–H groups in total. The summed E-state index contributed by atoms with van der Waals surface area (Å²) in [6.07, 6.45) is 0. The number of carbonyl (C=O) groups excluding carboxylic acids is 1. The first-order valence-electron chi connectivity index (χ1n) is 9.92. The molecule has 0 unspecified atom stereocenters. The van der Waals surface area contributed by atoms with E-state index in [9.17, 15) is 4.79 Å². The molecule has 2 amide bonds. The van der Waals surface area contributed by atoms with Crippen molar-refractivity contribution in [1.29, 1.82) is 0 Å². The Bertz CT molecular complexity index is 1160. The predicted molar refractivity (Wildman–Crippen MR) is 116 cm³/mol. The van der Waals surface area contributed by atoms with E-state index < -0.39 is 0 Å². The quantitative estimate of drug-likeness (QED) is 0.572. The van der Waals surface area contributed by atoms with E-state index in [2.05, 4.69) is 25.7 Å². The van der Waals surface area contributed by atoms with Gasteiger partial charge in [-0.25, -0.2) is 4.79 Å². The van der Waals surface area contributed by atoms with Gasteiger partial charge in [-0.2, -0.15) is 4.68 Å². The number of aromatic nitrogens is 4. The van der Waals surface area contributed by atoms with E-state index in [-0.39, 0.29) is 6.03 Å². The molecular formula is C22H21N7O. The smallest absolute Gasteiger partial charge is 0.321 e. The summed E-state index contributed by atoms with van der Waals surface area (Å²) in [6.45, 7) is 2.52. The number of nitrogens with zero attached hydrogens (tertiary/aromatic N) is 6. The second-order valence-corrected chi connectivity index (χ2v) is 7.16. The molecule has 0 saturated carbocycles. The van der Waals surface area contributed by atoms with Gasteiger partial charge >= 0.3 is 6.03 Å². The zero-order valence-electron chi connectivity index (χ0n) is 16.3. The van der Waals surface area contributed by atoms with Crippen LogP contribution in [0.15, 0.2) is 72.8 Å². The number of hydrogen-bond donors (Lipinski definition) is 1. The van der Waals surface area contributed by atoms with Gasteiger partial charge in [-0.15, -0.1) is 0 Å². The first kappa shape index (κ1) is 18.1. The number of hydrogen-bond acceptors (Lipinski definition) is 5. The SMILES string of the molecule is O=C(Nc1cccc2ccccc12)N1CCN(c2nnnn2-c2ccccc2)CC1. The zero-order chi connectivity index (χ0) is 20.3. The number of amides is 2. The predicted octanol–water partition coefficient (Wildman–Crippen LogP) is 3.17. The third-order valence-corrected chi connectivity index (χ3v) is 5.33. The molecule has 5 rings (SSSR count). The molecule has 3 aromatic carbocycles. The van der Waals surface area contributed by atoms with Crippen molar-refractivity contribution in [3.8, 4) is 5.69 Å². The number of rotatable bonds is 3. The molecule has 4 aromatic rings. The van der Waals surface area contributed by atoms with Crippen molar-refractivity contribution in [3.05, 3.63) is 72.8 Å². The Morgan fingerprint density at radius 2 is 1.57 bits per heavy atom. The van der Waals surface area contributed by atoms with Crippen LogP contribution in [0.5, 0.6) is 0 Å². The van der Waals surface area contributed by atoms with Gasteiger partial charge in [0.2, 0.25) is 5.95 Å². The first-order chi connectivity index (χ1) is 14.8. The molecule has 1 aliphatic heterocycles. The van der Waals surface area contributed by atoms with E-state index in [0.29, 0.717) is 32.1 Å². The number of nitrogens with one attached hydrogen (secondary N) is 1. The Morgan fingerprint density at radius 3 is 2.40 bits per heavy atom. The first-order valence-corrected chi connectivity index (χ1v) is 9.92. The maximum absolute atomic E-state index is 12.8. The van der Waals surface area contributed by atoms with Gasteiger partial charge in [0.25, 0.3) is 0 Å². The van der Waals surface area contributed by atoms with Crippen LogP contribution in [0.1, 0.15) is 0 Å². The fourth-order valence-electron chi connectivity index (χ4n) is 3.75. The molecule has 1 aliphatic rings. The summed E-state index contributed by atoms with van der Waals surface area (Å²) in [7, 11) is 0. The van der Waals surface area contributed by atoms with Crippen molar-refractivity contribution in [2.45, 2.75) is 0 Å². The maximum atomic E-state index is 12.8. The van der Waals surface area contributed by atoms with Gasteiger partial charge < -0.3 is 15.1 Å². The van der Waals surface area contributed by atoms with Gasteiger partial charge in [0.15, 0.2) is 0 Å². The van der Waals surface area contributed by atoms with Crippen molar-refractivity contribution >= 4 is 28.4 Å². The highest BCUT2D eigenvalue weighted by Gasteiger charge is 2.25. The fourth-order valence-corrected chi connectivity index (χ4v) is 3.75. The molecule has 0 spiro atoms. The largest absolute Gasteiger partial charge is 0.336 e. The zero-order valence-corrected chi connectivity index (χ0v) is 16.3. The van der Waals surface area contributed by atoms with Gasteiger partial charge in [0.1, 0.15) is 0 Å². The standard InChI is InChI=1S/C22H21N7O/c30-22(23-20-12-6-8-17-7-4-5-11-19(17)20)28-15-13-27(14-16-28)21-24-25-26-29(21)18-9-2-1-3-10-18/h1-12H,13-16H2,(H,23,30). The average molecular weight is 399 g/mol. The molecule has 1 aromatic heterocycles. The summed E-state index contributed by atoms with van der Waals surface area (Å²) in [6, 6.07) is 23.7. The van der Waals surface area contributed by atoms with Crippen LogP contribution in [0.25, 0.3) is 16.5 Å². The third-order valence-electron chi connectivity index (χ3n) is 5.33. The lowest BCUT2D eigenvalue weighted by Crippen LogP contribution is -2.50. The van der Waals surface area contributed by atoms with Gasteiger partial charge in [0.05, 0.1) is 11.4 Å². The Morgan fingerprint density at radius 1 is 0.833 bits per heavy atom. The fraction of sp³-hybridized carbons (Fsp3) is 0.182. The van der Waals surface area contributed by atoms with E-state index >= 15 is 0 Å². The minimum absolute atomic E-state index is 0.0892. The number of para-hydroxylation sites is 1. The molecular weight excluding hydrogens is 378 g/mol. The van der Waals surface area contributed by atoms with E-state index in [1.54, 1.807) is 4.68 Å². The summed E-state index contributed by atoms with van der Waals surface area (Å²) in [5.41, 5.74) is 1.74. The number of anilines is 2. The molecule has 1 fully saturated rings. The normalized spacial score (nSPS) is 14.1. The van der Waals surface area contributed by atoms with Crippen molar-refractivity contribution in [2.24, 2.45) is 0 Å². The Labute approximate surface area is 173 Å². The van der Waals surface area contributed by atoms with E-state index in [1.807, 2.05) is 77.7 Å². The molecule has 0 atom stereocenters. The van der Waals surface area contributed by atoms with Crippen LogP contribution in [0, 0.1) is 0 Å². The van der Waals surface area contributed by atoms with Crippen molar-refractivity contribution in [3.63, 3.8) is 0 Å². The number of carbonyl (C=O) groups is 1. The number of benzene rings is 3. The van der Waals surface area contributed by atoms with Gasteiger partial charge in [0, 0.05) is 31.6 Å². The molecule has 0 aliphatic carbocycles. The summed E-state index contributed by atoms with van der Waals surface area (Å²) in [4.78, 5) is 16.8. The molecule has 1 saturated heterocycles. The second-order valence-electron chi connectivity index (χ2n) is 7.16. The Hall–Kier alpha value is -3.94. The molecule has 0 bridgehead atoms. The van der Waals surface area contributed by atoms with Crippen LogP contribution in [-0.2, 0) is 0 Å². The molecule has 150 valence electrons. The average Bonchev–Trinajstić information content (AvgIpc) is 3.30. The second kappa shape index (κ2) is 7.82. The van der Waals surface area contributed by atoms with Gasteiger partial charge in [-0.3, -0.25) is 0 Å². The van der Waals surface area contributed by atoms with E-state index in [1.165, 1.54) is 0 Å². The van der Waals surface area contributed by atoms with E-state index in [4.69, 9.17) is 0 Å². The van der Waals surface area contributed by atoms with Crippen molar-refractivity contribution in [2.75, 3.05) is 36.4 Å². The monoisotopic (exact) mass is 399 g/mol. The van der Waals surface area contributed by atoms with Crippen LogP contribution >= 0.6 is 0 Å². The molecule has 30 heavy (non-hydrogen) atoms. The lowest BCUT2D eigenvalue weighted by molar-refractivity contribution is 0.208. The van der Waals surface area contributed by atoms with Gasteiger partial charge in [-0.05, 0) is 34.0 Å². The lowest BCUT2D eigenvalue weighted by Gasteiger charge is -2.34. The van der Waals surface area contributed by atoms with Crippen LogP contribution in [0.3, 0.4) is 0 Å². The Balaban J connectivity index is 1.27. The molecule has 8 nitrogen and oxygen atoms in total. The van der Waals surface area contributed by atoms with Crippen molar-refractivity contribution in [1.82, 2.24) is 25.1 Å². The molecule has 8 heteroatoms. The molecule has 2 heterocycles. The molecule has 0 radical (unpaired) electrons. The van der Waals surface area contributed by atoms with Crippen LogP contribution in [0.4, 0.5) is 16.4 Å². The lowest BCUT2D eigenvalue weighted by atomic mass is 10.1. The highest BCUT2D eigenvalue weighted by atomic mass is 16.2. The highest BCUT2D eigenvalue weighted by molar-refractivity contribution is 6.01. The third kappa shape index (κ3) is 3.43. The summed E-state index contributed by atoms with van der Waals surface area (Å²) >= 11 is 0. The summed E-state index contributed by atoms with van der Waals surface area (Å²) in [5, 5.41) is 17.4.